The van der Waals surface area contributed by atoms with Crippen molar-refractivity contribution in [2.75, 3.05) is 6.26 Å². The van der Waals surface area contributed by atoms with E-state index in [1.807, 2.05) is 12.4 Å². The second-order valence-corrected chi connectivity index (χ2v) is 4.75. The Kier molecular flexibility index (Phi) is 5.58. The van der Waals surface area contributed by atoms with E-state index in [9.17, 15) is 0 Å². The Balaban J connectivity index is 2.66. The van der Waals surface area contributed by atoms with E-state index < -0.39 is 0 Å². The van der Waals surface area contributed by atoms with Gasteiger partial charge in [-0.25, -0.2) is 0 Å². The number of hydrogen-bond donors (Lipinski definition) is 1. The predicted molar refractivity (Wildman–Crippen MR) is 73.9 cm³/mol. The zero-order chi connectivity index (χ0) is 12.7. The van der Waals surface area contributed by atoms with Gasteiger partial charge in [0.25, 0.3) is 0 Å². The Hall–Kier alpha value is -1.47. The van der Waals surface area contributed by atoms with Crippen molar-refractivity contribution in [2.45, 2.75) is 26.3 Å². The second-order valence-electron chi connectivity index (χ2n) is 3.96. The molecule has 3 nitrogen and oxygen atoms in total. The molecule has 1 rings (SSSR count). The largest absolute Gasteiger partial charge is 0.272 e. The SMILES string of the molecule is CSC(=NCc1ccc(C(C)C)cc1)NC#N. The second kappa shape index (κ2) is 6.97. The standard InChI is InChI=1S/C13H17N3S/c1-10(2)12-6-4-11(5-7-12)8-15-13(17-3)16-9-14/h4-7,10H,8H2,1-3H3,(H,15,16). The van der Waals surface area contributed by atoms with Gasteiger partial charge < -0.3 is 0 Å². The number of thioether (sulfide) groups is 1. The molecular formula is C13H17N3S. The third-order valence-electron chi connectivity index (χ3n) is 2.41. The van der Waals surface area contributed by atoms with Gasteiger partial charge in [0.05, 0.1) is 6.54 Å². The number of benzene rings is 1. The Morgan fingerprint density at radius 3 is 2.53 bits per heavy atom. The van der Waals surface area contributed by atoms with Crippen LogP contribution in [0.3, 0.4) is 0 Å². The first-order valence-electron chi connectivity index (χ1n) is 5.49. The molecule has 1 aromatic rings. The summed E-state index contributed by atoms with van der Waals surface area (Å²) in [6.07, 6.45) is 3.77. The molecule has 0 spiro atoms. The van der Waals surface area contributed by atoms with Gasteiger partial charge in [-0.2, -0.15) is 5.26 Å². The lowest BCUT2D eigenvalue weighted by Gasteiger charge is -2.06. The lowest BCUT2D eigenvalue weighted by Crippen LogP contribution is -2.13. The van der Waals surface area contributed by atoms with Crippen molar-refractivity contribution in [1.29, 1.82) is 5.26 Å². The number of hydrogen-bond acceptors (Lipinski definition) is 3. The monoisotopic (exact) mass is 247 g/mol. The zero-order valence-electron chi connectivity index (χ0n) is 10.4. The average molecular weight is 247 g/mol. The topological polar surface area (TPSA) is 48.2 Å². The van der Waals surface area contributed by atoms with Crippen LogP contribution in [-0.2, 0) is 6.54 Å². The van der Waals surface area contributed by atoms with Crippen molar-refractivity contribution in [2.24, 2.45) is 4.99 Å². The van der Waals surface area contributed by atoms with Crippen LogP contribution in [0.25, 0.3) is 0 Å². The summed E-state index contributed by atoms with van der Waals surface area (Å²) >= 11 is 1.44. The van der Waals surface area contributed by atoms with Crippen LogP contribution in [0, 0.1) is 11.5 Å². The van der Waals surface area contributed by atoms with Gasteiger partial charge in [-0.05, 0) is 23.3 Å². The minimum atomic E-state index is 0.551. The van der Waals surface area contributed by atoms with Gasteiger partial charge in [-0.15, -0.1) is 0 Å². The van der Waals surface area contributed by atoms with E-state index in [-0.39, 0.29) is 0 Å². The first kappa shape index (κ1) is 13.6. The van der Waals surface area contributed by atoms with Gasteiger partial charge in [0.15, 0.2) is 11.4 Å². The molecule has 0 atom stereocenters. The lowest BCUT2D eigenvalue weighted by molar-refractivity contribution is 0.864. The maximum Gasteiger partial charge on any atom is 0.183 e. The van der Waals surface area contributed by atoms with E-state index in [0.29, 0.717) is 17.6 Å². The molecule has 90 valence electrons. The molecule has 0 radical (unpaired) electrons. The quantitative estimate of drug-likeness (QED) is 0.386. The molecule has 0 heterocycles. The van der Waals surface area contributed by atoms with Crippen molar-refractivity contribution in [3.05, 3.63) is 35.4 Å². The summed E-state index contributed by atoms with van der Waals surface area (Å²) < 4.78 is 0. The van der Waals surface area contributed by atoms with Crippen molar-refractivity contribution in [3.8, 4) is 6.19 Å². The van der Waals surface area contributed by atoms with Crippen molar-refractivity contribution >= 4 is 16.9 Å². The molecule has 1 aromatic carbocycles. The summed E-state index contributed by atoms with van der Waals surface area (Å²) in [5, 5.41) is 11.7. The van der Waals surface area contributed by atoms with Crippen molar-refractivity contribution < 1.29 is 0 Å². The molecule has 0 saturated heterocycles. The van der Waals surface area contributed by atoms with Gasteiger partial charge in [0, 0.05) is 0 Å². The summed E-state index contributed by atoms with van der Waals surface area (Å²) in [6, 6.07) is 8.43. The summed E-state index contributed by atoms with van der Waals surface area (Å²) in [6.45, 7) is 4.95. The number of nitrogens with zero attached hydrogens (tertiary/aromatic N) is 2. The molecule has 1 N–H and O–H groups in total. The minimum Gasteiger partial charge on any atom is -0.272 e. The number of rotatable bonds is 3. The van der Waals surface area contributed by atoms with Crippen LogP contribution in [0.15, 0.2) is 29.3 Å². The van der Waals surface area contributed by atoms with Crippen molar-refractivity contribution in [3.63, 3.8) is 0 Å². The highest BCUT2D eigenvalue weighted by Crippen LogP contribution is 2.15. The Labute approximate surface area is 107 Å². The first-order valence-corrected chi connectivity index (χ1v) is 6.72. The molecule has 4 heteroatoms. The molecule has 0 unspecified atom stereocenters. The van der Waals surface area contributed by atoms with E-state index in [1.54, 1.807) is 0 Å². The van der Waals surface area contributed by atoms with Crippen LogP contribution in [0.2, 0.25) is 0 Å². The third kappa shape index (κ3) is 4.49. The third-order valence-corrected chi connectivity index (χ3v) is 3.03. The average Bonchev–Trinajstić information content (AvgIpc) is 2.35. The van der Waals surface area contributed by atoms with Crippen LogP contribution < -0.4 is 5.32 Å². The Bertz CT molecular complexity index is 415. The molecular weight excluding hydrogens is 230 g/mol. The van der Waals surface area contributed by atoms with Crippen LogP contribution in [0.4, 0.5) is 0 Å². The highest BCUT2D eigenvalue weighted by molar-refractivity contribution is 8.13. The normalized spacial score (nSPS) is 11.4. The molecule has 0 bridgehead atoms. The fourth-order valence-electron chi connectivity index (χ4n) is 1.37. The molecule has 0 aliphatic rings. The summed E-state index contributed by atoms with van der Waals surface area (Å²) in [5.74, 6) is 0.551. The highest BCUT2D eigenvalue weighted by atomic mass is 32.2. The van der Waals surface area contributed by atoms with E-state index in [1.165, 1.54) is 17.3 Å². The summed E-state index contributed by atoms with van der Waals surface area (Å²) in [5.41, 5.74) is 2.48. The van der Waals surface area contributed by atoms with Gasteiger partial charge in [-0.1, -0.05) is 49.9 Å². The summed E-state index contributed by atoms with van der Waals surface area (Å²) in [4.78, 5) is 4.32. The first-order chi connectivity index (χ1) is 8.17. The van der Waals surface area contributed by atoms with Crippen LogP contribution in [0.5, 0.6) is 0 Å². The van der Waals surface area contributed by atoms with Crippen LogP contribution in [0.1, 0.15) is 30.9 Å². The number of aliphatic imine (C=N–C) groups is 1. The molecule has 17 heavy (non-hydrogen) atoms. The van der Waals surface area contributed by atoms with Gasteiger partial charge >= 0.3 is 0 Å². The number of nitrogens with one attached hydrogen (secondary N) is 1. The van der Waals surface area contributed by atoms with E-state index >= 15 is 0 Å². The van der Waals surface area contributed by atoms with E-state index in [4.69, 9.17) is 5.26 Å². The Morgan fingerprint density at radius 1 is 1.41 bits per heavy atom. The number of amidine groups is 1. The van der Waals surface area contributed by atoms with E-state index in [0.717, 1.165) is 5.56 Å². The van der Waals surface area contributed by atoms with Gasteiger partial charge in [0.1, 0.15) is 0 Å². The highest BCUT2D eigenvalue weighted by Gasteiger charge is 1.99. The molecule has 0 amide bonds. The van der Waals surface area contributed by atoms with Crippen LogP contribution >= 0.6 is 11.8 Å². The van der Waals surface area contributed by atoms with Crippen molar-refractivity contribution in [1.82, 2.24) is 5.32 Å². The summed E-state index contributed by atoms with van der Waals surface area (Å²) in [7, 11) is 0. The predicted octanol–water partition coefficient (Wildman–Crippen LogP) is 3.10. The maximum atomic E-state index is 8.51. The van der Waals surface area contributed by atoms with Gasteiger partial charge in [0.2, 0.25) is 0 Å². The molecule has 0 saturated carbocycles. The molecule has 0 fully saturated rings. The van der Waals surface area contributed by atoms with Gasteiger partial charge in [-0.3, -0.25) is 10.3 Å². The maximum absolute atomic E-state index is 8.51. The van der Waals surface area contributed by atoms with E-state index in [2.05, 4.69) is 48.4 Å². The fourth-order valence-corrected chi connectivity index (χ4v) is 1.72. The lowest BCUT2D eigenvalue weighted by atomic mass is 10.0. The number of nitriles is 1. The minimum absolute atomic E-state index is 0.551. The molecule has 0 aliphatic heterocycles. The fraction of sp³-hybridized carbons (Fsp3) is 0.385. The Morgan fingerprint density at radius 2 is 2.06 bits per heavy atom. The smallest absolute Gasteiger partial charge is 0.183 e. The zero-order valence-corrected chi connectivity index (χ0v) is 11.2. The molecule has 0 aromatic heterocycles. The van der Waals surface area contributed by atoms with Crippen LogP contribution in [-0.4, -0.2) is 11.4 Å². The molecule has 0 aliphatic carbocycles.